The van der Waals surface area contributed by atoms with Crippen molar-refractivity contribution in [3.63, 3.8) is 0 Å². The maximum absolute atomic E-state index is 14.1. The van der Waals surface area contributed by atoms with Crippen LogP contribution in [-0.2, 0) is 38.8 Å². The Morgan fingerprint density at radius 1 is 0.864 bits per heavy atom. The normalized spacial score (nSPS) is 12.9. The highest BCUT2D eigenvalue weighted by atomic mass is 35.5. The number of carbonyl (C=O) groups excluding carboxylic acids is 2. The Hall–Kier alpha value is -2.99. The minimum absolute atomic E-state index is 0.0495. The van der Waals surface area contributed by atoms with Gasteiger partial charge in [-0.15, -0.1) is 0 Å². The summed E-state index contributed by atoms with van der Waals surface area (Å²) >= 11 is 18.0. The largest absolute Gasteiger partial charge is 0.417 e. The van der Waals surface area contributed by atoms with Gasteiger partial charge < -0.3 is 10.2 Å². The Morgan fingerprint density at radius 3 is 2.02 bits per heavy atom. The van der Waals surface area contributed by atoms with E-state index in [1.54, 1.807) is 57.2 Å². The quantitative estimate of drug-likeness (QED) is 0.248. The zero-order valence-corrected chi connectivity index (χ0v) is 27.3. The number of alkyl halides is 3. The number of carbonyl (C=O) groups is 2. The number of amides is 2. The Kier molecular flexibility index (Phi) is 11.3. The number of nitrogens with zero attached hydrogens (tertiary/aromatic N) is 2. The van der Waals surface area contributed by atoms with E-state index < -0.39 is 62.4 Å². The van der Waals surface area contributed by atoms with Crippen LogP contribution in [0.2, 0.25) is 15.1 Å². The molecule has 0 saturated carbocycles. The lowest BCUT2D eigenvalue weighted by Crippen LogP contribution is -2.56. The predicted molar refractivity (Wildman–Crippen MR) is 167 cm³/mol. The van der Waals surface area contributed by atoms with Gasteiger partial charge in [-0.05, 0) is 62.2 Å². The second-order valence-corrected chi connectivity index (χ2v) is 14.3. The molecule has 0 fully saturated rings. The van der Waals surface area contributed by atoms with Gasteiger partial charge in [0.15, 0.2) is 0 Å². The van der Waals surface area contributed by atoms with Gasteiger partial charge in [0.25, 0.3) is 0 Å². The van der Waals surface area contributed by atoms with Gasteiger partial charge >= 0.3 is 6.18 Å². The molecule has 7 nitrogen and oxygen atoms in total. The van der Waals surface area contributed by atoms with Crippen molar-refractivity contribution in [3.05, 3.63) is 98.5 Å². The summed E-state index contributed by atoms with van der Waals surface area (Å²) in [5, 5.41) is 2.68. The van der Waals surface area contributed by atoms with Gasteiger partial charge in [0, 0.05) is 18.5 Å². The van der Waals surface area contributed by atoms with Gasteiger partial charge in [0.05, 0.1) is 32.6 Å². The van der Waals surface area contributed by atoms with E-state index in [4.69, 9.17) is 34.8 Å². The molecule has 238 valence electrons. The van der Waals surface area contributed by atoms with Crippen molar-refractivity contribution in [2.24, 2.45) is 0 Å². The van der Waals surface area contributed by atoms with Crippen molar-refractivity contribution in [1.29, 1.82) is 0 Å². The van der Waals surface area contributed by atoms with E-state index in [9.17, 15) is 31.2 Å². The van der Waals surface area contributed by atoms with E-state index in [1.165, 1.54) is 17.0 Å². The molecule has 0 heterocycles. The molecule has 0 aliphatic carbocycles. The van der Waals surface area contributed by atoms with Crippen LogP contribution in [0.3, 0.4) is 0 Å². The molecule has 2 amide bonds. The Balaban J connectivity index is 2.14. The molecular formula is C30H31Cl3F3N3O4S. The second-order valence-electron chi connectivity index (χ2n) is 11.1. The number of rotatable bonds is 10. The van der Waals surface area contributed by atoms with Crippen molar-refractivity contribution < 1.29 is 31.2 Å². The third-order valence-electron chi connectivity index (χ3n) is 6.33. The number of sulfonamides is 1. The molecule has 1 atom stereocenters. The number of benzene rings is 3. The summed E-state index contributed by atoms with van der Waals surface area (Å²) in [5.41, 5.74) is -1.20. The molecule has 0 saturated heterocycles. The van der Waals surface area contributed by atoms with Crippen LogP contribution in [0, 0.1) is 0 Å². The van der Waals surface area contributed by atoms with E-state index in [0.717, 1.165) is 18.4 Å². The summed E-state index contributed by atoms with van der Waals surface area (Å²) in [6.45, 7) is 4.18. The van der Waals surface area contributed by atoms with Gasteiger partial charge in [-0.2, -0.15) is 13.2 Å². The van der Waals surface area contributed by atoms with E-state index >= 15 is 0 Å². The average molecular weight is 693 g/mol. The zero-order chi connectivity index (χ0) is 33.0. The van der Waals surface area contributed by atoms with E-state index in [2.05, 4.69) is 5.32 Å². The minimum atomic E-state index is -4.88. The lowest BCUT2D eigenvalue weighted by molar-refractivity contribution is -0.140. The summed E-state index contributed by atoms with van der Waals surface area (Å²) in [7, 11) is -4.30. The molecule has 0 aromatic heterocycles. The minimum Gasteiger partial charge on any atom is -0.350 e. The first-order chi connectivity index (χ1) is 20.3. The fraction of sp³-hybridized carbons (Fsp3) is 0.333. The highest BCUT2D eigenvalue weighted by Crippen LogP contribution is 2.37. The van der Waals surface area contributed by atoms with Crippen molar-refractivity contribution in [1.82, 2.24) is 10.2 Å². The highest BCUT2D eigenvalue weighted by molar-refractivity contribution is 7.92. The fourth-order valence-corrected chi connectivity index (χ4v) is 5.73. The summed E-state index contributed by atoms with van der Waals surface area (Å²) < 4.78 is 67.2. The third-order valence-corrected chi connectivity index (χ3v) is 8.54. The second kappa shape index (κ2) is 14.0. The molecule has 14 heteroatoms. The number of halogens is 6. The smallest absolute Gasteiger partial charge is 0.350 e. The van der Waals surface area contributed by atoms with Crippen LogP contribution < -0.4 is 9.62 Å². The first-order valence-electron chi connectivity index (χ1n) is 13.2. The van der Waals surface area contributed by atoms with Crippen LogP contribution in [0.15, 0.2) is 66.7 Å². The standard InChI is InChI=1S/C30H31Cl3F3N3O4S/c1-29(2,3)37-28(41)26(15-19-8-6-5-7-9-19)38(17-20-10-12-24(32)25(33)14-20)27(40)18-39(44(4,42)43)21-11-13-23(31)22(16-21)30(34,35)36/h5-14,16,26H,15,17-18H2,1-4H3,(H,37,41). The van der Waals surface area contributed by atoms with Gasteiger partial charge in [0.2, 0.25) is 21.8 Å². The summed E-state index contributed by atoms with van der Waals surface area (Å²) in [5.74, 6) is -1.37. The van der Waals surface area contributed by atoms with Crippen molar-refractivity contribution >= 4 is 62.3 Å². The molecule has 0 bridgehead atoms. The molecule has 44 heavy (non-hydrogen) atoms. The van der Waals surface area contributed by atoms with Crippen LogP contribution >= 0.6 is 34.8 Å². The van der Waals surface area contributed by atoms with Crippen molar-refractivity contribution in [2.75, 3.05) is 17.1 Å². The van der Waals surface area contributed by atoms with Gasteiger partial charge in [0.1, 0.15) is 12.6 Å². The Morgan fingerprint density at radius 2 is 1.48 bits per heavy atom. The summed E-state index contributed by atoms with van der Waals surface area (Å²) in [6, 6.07) is 14.9. The van der Waals surface area contributed by atoms with Crippen LogP contribution in [0.4, 0.5) is 18.9 Å². The number of hydrogen-bond donors (Lipinski definition) is 1. The van der Waals surface area contributed by atoms with Crippen molar-refractivity contribution in [2.45, 2.75) is 51.5 Å². The van der Waals surface area contributed by atoms with Crippen LogP contribution in [0.1, 0.15) is 37.5 Å². The van der Waals surface area contributed by atoms with Gasteiger partial charge in [-0.1, -0.05) is 71.2 Å². The molecule has 0 spiro atoms. The molecule has 3 aromatic rings. The molecular weight excluding hydrogens is 662 g/mol. The molecule has 3 rings (SSSR count). The average Bonchev–Trinajstić information content (AvgIpc) is 2.90. The molecule has 0 aliphatic heterocycles. The van der Waals surface area contributed by atoms with Crippen LogP contribution in [0.5, 0.6) is 0 Å². The monoisotopic (exact) mass is 691 g/mol. The molecule has 0 aliphatic rings. The topological polar surface area (TPSA) is 86.8 Å². The molecule has 3 aromatic carbocycles. The maximum atomic E-state index is 14.1. The number of hydrogen-bond acceptors (Lipinski definition) is 4. The van der Waals surface area contributed by atoms with Gasteiger partial charge in [-0.3, -0.25) is 13.9 Å². The SMILES string of the molecule is CC(C)(C)NC(=O)C(Cc1ccccc1)N(Cc1ccc(Cl)c(Cl)c1)C(=O)CN(c1ccc(Cl)c(C(F)(F)F)c1)S(C)(=O)=O. The first-order valence-corrected chi connectivity index (χ1v) is 16.2. The highest BCUT2D eigenvalue weighted by Gasteiger charge is 2.37. The Labute approximate surface area is 269 Å². The predicted octanol–water partition coefficient (Wildman–Crippen LogP) is 6.99. The lowest BCUT2D eigenvalue weighted by atomic mass is 10.0. The fourth-order valence-electron chi connectivity index (χ4n) is 4.34. The van der Waals surface area contributed by atoms with E-state index in [1.807, 2.05) is 0 Å². The zero-order valence-electron chi connectivity index (χ0n) is 24.3. The lowest BCUT2D eigenvalue weighted by Gasteiger charge is -2.35. The first kappa shape index (κ1) is 35.5. The third kappa shape index (κ3) is 9.76. The maximum Gasteiger partial charge on any atom is 0.417 e. The molecule has 1 N–H and O–H groups in total. The number of anilines is 1. The molecule has 0 radical (unpaired) electrons. The Bertz CT molecular complexity index is 1620. The van der Waals surface area contributed by atoms with Gasteiger partial charge in [-0.25, -0.2) is 8.42 Å². The van der Waals surface area contributed by atoms with E-state index in [0.29, 0.717) is 21.5 Å². The summed E-state index contributed by atoms with van der Waals surface area (Å²) in [6.07, 6.45) is -4.07. The van der Waals surface area contributed by atoms with E-state index in [-0.39, 0.29) is 23.0 Å². The molecule has 1 unspecified atom stereocenters. The van der Waals surface area contributed by atoms with Crippen LogP contribution in [0.25, 0.3) is 0 Å². The summed E-state index contributed by atoms with van der Waals surface area (Å²) in [4.78, 5) is 29.0. The van der Waals surface area contributed by atoms with Crippen LogP contribution in [-0.4, -0.2) is 49.5 Å². The van der Waals surface area contributed by atoms with Crippen molar-refractivity contribution in [3.8, 4) is 0 Å². The number of nitrogens with one attached hydrogen (secondary N) is 1.